The predicted octanol–water partition coefficient (Wildman–Crippen LogP) is 4.24. The minimum atomic E-state index is -1.14. The predicted molar refractivity (Wildman–Crippen MR) is 99.8 cm³/mol. The molecule has 0 spiro atoms. The lowest BCUT2D eigenvalue weighted by Crippen LogP contribution is -2.13. The van der Waals surface area contributed by atoms with E-state index in [9.17, 15) is 9.59 Å². The van der Waals surface area contributed by atoms with E-state index >= 15 is 0 Å². The van der Waals surface area contributed by atoms with Crippen LogP contribution in [0.5, 0.6) is 0 Å². The van der Waals surface area contributed by atoms with Crippen LogP contribution in [-0.2, 0) is 9.59 Å². The Balaban J connectivity index is 1.79. The Morgan fingerprint density at radius 1 is 1.16 bits per heavy atom. The molecule has 2 N–H and O–H groups in total. The minimum absolute atomic E-state index is 0.137. The molecular formula is C19H16N2O3S. The number of hydrogen-bond donors (Lipinski definition) is 2. The van der Waals surface area contributed by atoms with E-state index in [-0.39, 0.29) is 5.57 Å². The molecule has 5 nitrogen and oxygen atoms in total. The van der Waals surface area contributed by atoms with Gasteiger partial charge in [-0.2, -0.15) is 0 Å². The summed E-state index contributed by atoms with van der Waals surface area (Å²) in [5, 5.41) is 12.3. The quantitative estimate of drug-likeness (QED) is 0.688. The molecule has 0 bridgehead atoms. The number of aryl methyl sites for hydroxylation is 1. The molecule has 0 fully saturated rings. The van der Waals surface area contributed by atoms with E-state index in [0.29, 0.717) is 5.69 Å². The molecule has 1 aromatic heterocycles. The Bertz CT molecular complexity index is 988. The van der Waals surface area contributed by atoms with Gasteiger partial charge in [-0.05, 0) is 55.8 Å². The number of nitrogens with one attached hydrogen (secondary N) is 1. The van der Waals surface area contributed by atoms with E-state index in [1.807, 2.05) is 24.3 Å². The largest absolute Gasteiger partial charge is 0.478 e. The first-order valence-electron chi connectivity index (χ1n) is 7.62. The van der Waals surface area contributed by atoms with Crippen molar-refractivity contribution in [3.63, 3.8) is 0 Å². The second kappa shape index (κ2) is 6.86. The Kier molecular flexibility index (Phi) is 4.63. The summed E-state index contributed by atoms with van der Waals surface area (Å²) in [6.45, 7) is 3.51. The summed E-state index contributed by atoms with van der Waals surface area (Å²) in [4.78, 5) is 27.1. The number of carboxylic acid groups (broad SMARTS) is 1. The third-order valence-electron chi connectivity index (χ3n) is 3.63. The van der Waals surface area contributed by atoms with Crippen molar-refractivity contribution in [2.24, 2.45) is 0 Å². The maximum absolute atomic E-state index is 11.9. The van der Waals surface area contributed by atoms with Crippen molar-refractivity contribution in [3.8, 4) is 10.6 Å². The van der Waals surface area contributed by atoms with E-state index in [1.165, 1.54) is 12.5 Å². The van der Waals surface area contributed by atoms with Crippen LogP contribution in [0.1, 0.15) is 12.5 Å². The summed E-state index contributed by atoms with van der Waals surface area (Å²) in [5.74, 6) is -1.58. The summed E-state index contributed by atoms with van der Waals surface area (Å²) in [6.07, 6.45) is 0.882. The number of amides is 1. The summed E-state index contributed by atoms with van der Waals surface area (Å²) in [7, 11) is 0. The SMILES string of the molecule is C/C(=C/C(=O)O)C(=O)Nc1ccc(-c2nc3ccc(C)cc3s2)cc1. The van der Waals surface area contributed by atoms with Gasteiger partial charge in [-0.3, -0.25) is 4.79 Å². The summed E-state index contributed by atoms with van der Waals surface area (Å²) >= 11 is 1.62. The molecule has 3 rings (SSSR count). The fourth-order valence-corrected chi connectivity index (χ4v) is 3.40. The number of nitrogens with zero attached hydrogens (tertiary/aromatic N) is 1. The van der Waals surface area contributed by atoms with Gasteiger partial charge in [-0.15, -0.1) is 11.3 Å². The molecule has 0 saturated carbocycles. The normalized spacial score (nSPS) is 11.5. The highest BCUT2D eigenvalue weighted by Gasteiger charge is 2.09. The second-order valence-corrected chi connectivity index (χ2v) is 6.72. The van der Waals surface area contributed by atoms with Gasteiger partial charge in [0.25, 0.3) is 5.91 Å². The van der Waals surface area contributed by atoms with Crippen molar-refractivity contribution in [1.29, 1.82) is 0 Å². The van der Waals surface area contributed by atoms with Crippen molar-refractivity contribution < 1.29 is 14.7 Å². The van der Waals surface area contributed by atoms with Crippen molar-refractivity contribution in [2.75, 3.05) is 5.32 Å². The second-order valence-electron chi connectivity index (χ2n) is 5.69. The number of benzene rings is 2. The van der Waals surface area contributed by atoms with Gasteiger partial charge in [-0.25, -0.2) is 9.78 Å². The molecule has 3 aromatic rings. The molecule has 0 radical (unpaired) electrons. The van der Waals surface area contributed by atoms with Gasteiger partial charge in [0.15, 0.2) is 0 Å². The van der Waals surface area contributed by atoms with Crippen LogP contribution in [0.25, 0.3) is 20.8 Å². The van der Waals surface area contributed by atoms with Crippen molar-refractivity contribution >= 4 is 39.1 Å². The fourth-order valence-electron chi connectivity index (χ4n) is 2.33. The molecule has 0 atom stereocenters. The monoisotopic (exact) mass is 352 g/mol. The molecule has 0 saturated heterocycles. The first-order valence-corrected chi connectivity index (χ1v) is 8.44. The van der Waals surface area contributed by atoms with Gasteiger partial charge in [0, 0.05) is 22.9 Å². The number of hydrogen-bond acceptors (Lipinski definition) is 4. The van der Waals surface area contributed by atoms with Crippen LogP contribution in [-0.4, -0.2) is 22.0 Å². The lowest BCUT2D eigenvalue weighted by atomic mass is 10.2. The molecule has 0 aliphatic heterocycles. The number of carboxylic acids is 1. The third kappa shape index (κ3) is 3.92. The van der Waals surface area contributed by atoms with E-state index in [2.05, 4.69) is 23.3 Å². The third-order valence-corrected chi connectivity index (χ3v) is 4.70. The van der Waals surface area contributed by atoms with Crippen LogP contribution in [0.4, 0.5) is 5.69 Å². The number of rotatable bonds is 4. The molecule has 126 valence electrons. The smallest absolute Gasteiger partial charge is 0.328 e. The highest BCUT2D eigenvalue weighted by atomic mass is 32.1. The zero-order valence-corrected chi connectivity index (χ0v) is 14.6. The van der Waals surface area contributed by atoms with E-state index in [0.717, 1.165) is 26.9 Å². The number of anilines is 1. The standard InChI is InChI=1S/C19H16N2O3S/c1-11-3-8-15-16(9-11)25-19(21-15)13-4-6-14(7-5-13)20-18(24)12(2)10-17(22)23/h3-10H,1-2H3,(H,20,24)(H,22,23)/b12-10-. The molecular weight excluding hydrogens is 336 g/mol. The Morgan fingerprint density at radius 2 is 1.88 bits per heavy atom. The van der Waals surface area contributed by atoms with E-state index in [1.54, 1.807) is 23.5 Å². The molecule has 1 heterocycles. The molecule has 0 aliphatic carbocycles. The molecule has 6 heteroatoms. The van der Waals surface area contributed by atoms with Gasteiger partial charge in [-0.1, -0.05) is 6.07 Å². The maximum Gasteiger partial charge on any atom is 0.328 e. The number of carbonyl (C=O) groups excluding carboxylic acids is 1. The van der Waals surface area contributed by atoms with Gasteiger partial charge in [0.1, 0.15) is 5.01 Å². The highest BCUT2D eigenvalue weighted by Crippen LogP contribution is 2.31. The molecule has 2 aromatic carbocycles. The van der Waals surface area contributed by atoms with Crippen LogP contribution >= 0.6 is 11.3 Å². The first kappa shape index (κ1) is 16.9. The Hall–Kier alpha value is -2.99. The van der Waals surface area contributed by atoms with Crippen molar-refractivity contribution in [2.45, 2.75) is 13.8 Å². The van der Waals surface area contributed by atoms with E-state index < -0.39 is 11.9 Å². The van der Waals surface area contributed by atoms with Crippen molar-refractivity contribution in [3.05, 3.63) is 59.7 Å². The first-order chi connectivity index (χ1) is 11.9. The number of thiazole rings is 1. The lowest BCUT2D eigenvalue weighted by Gasteiger charge is -2.05. The van der Waals surface area contributed by atoms with Gasteiger partial charge in [0.2, 0.25) is 0 Å². The van der Waals surface area contributed by atoms with Crippen molar-refractivity contribution in [1.82, 2.24) is 4.98 Å². The summed E-state index contributed by atoms with van der Waals surface area (Å²) in [6, 6.07) is 13.5. The zero-order chi connectivity index (χ0) is 18.0. The summed E-state index contributed by atoms with van der Waals surface area (Å²) in [5.41, 5.74) is 3.87. The van der Waals surface area contributed by atoms with E-state index in [4.69, 9.17) is 5.11 Å². The van der Waals surface area contributed by atoms with Crippen LogP contribution in [0, 0.1) is 6.92 Å². The zero-order valence-electron chi connectivity index (χ0n) is 13.7. The fraction of sp³-hybridized carbons (Fsp3) is 0.105. The molecule has 0 unspecified atom stereocenters. The van der Waals surface area contributed by atoms with Gasteiger partial charge >= 0.3 is 5.97 Å². The van der Waals surface area contributed by atoms with Crippen LogP contribution < -0.4 is 5.32 Å². The Labute approximate surface area is 148 Å². The summed E-state index contributed by atoms with van der Waals surface area (Å²) < 4.78 is 1.14. The average molecular weight is 352 g/mol. The maximum atomic E-state index is 11.9. The molecule has 1 amide bonds. The topological polar surface area (TPSA) is 79.3 Å². The highest BCUT2D eigenvalue weighted by molar-refractivity contribution is 7.21. The van der Waals surface area contributed by atoms with Crippen LogP contribution in [0.15, 0.2) is 54.1 Å². The number of fused-ring (bicyclic) bond motifs is 1. The van der Waals surface area contributed by atoms with Gasteiger partial charge < -0.3 is 10.4 Å². The van der Waals surface area contributed by atoms with Crippen LogP contribution in [0.3, 0.4) is 0 Å². The Morgan fingerprint density at radius 3 is 2.56 bits per heavy atom. The lowest BCUT2D eigenvalue weighted by molar-refractivity contribution is -0.131. The number of carbonyl (C=O) groups is 2. The average Bonchev–Trinajstić information content (AvgIpc) is 2.97. The number of aliphatic carboxylic acids is 1. The van der Waals surface area contributed by atoms with Crippen LogP contribution in [0.2, 0.25) is 0 Å². The molecule has 25 heavy (non-hydrogen) atoms. The number of aromatic nitrogens is 1. The van der Waals surface area contributed by atoms with Gasteiger partial charge in [0.05, 0.1) is 10.2 Å². The minimum Gasteiger partial charge on any atom is -0.478 e. The molecule has 0 aliphatic rings.